The summed E-state index contributed by atoms with van der Waals surface area (Å²) >= 11 is 0. The summed E-state index contributed by atoms with van der Waals surface area (Å²) < 4.78 is 5.51. The van der Waals surface area contributed by atoms with Crippen LogP contribution < -0.4 is 15.8 Å². The minimum absolute atomic E-state index is 0.559. The van der Waals surface area contributed by atoms with Crippen molar-refractivity contribution in [1.29, 1.82) is 0 Å². The van der Waals surface area contributed by atoms with E-state index in [1.54, 1.807) is 0 Å². The number of rotatable bonds is 3. The second-order valence-electron chi connectivity index (χ2n) is 3.10. The summed E-state index contributed by atoms with van der Waals surface area (Å²) in [5.41, 5.74) is 7.87. The molecule has 1 aromatic rings. The van der Waals surface area contributed by atoms with Crippen LogP contribution in [0.1, 0.15) is 5.56 Å². The fourth-order valence-electron chi connectivity index (χ4n) is 1.60. The van der Waals surface area contributed by atoms with Crippen molar-refractivity contribution in [3.63, 3.8) is 0 Å². The zero-order valence-corrected chi connectivity index (χ0v) is 7.55. The third-order valence-electron chi connectivity index (χ3n) is 2.18. The lowest BCUT2D eigenvalue weighted by molar-refractivity contribution is 0.330. The van der Waals surface area contributed by atoms with Gasteiger partial charge in [0.05, 0.1) is 5.69 Å². The number of hydrogen-bond acceptors (Lipinski definition) is 3. The summed E-state index contributed by atoms with van der Waals surface area (Å²) in [5, 5.41) is 3.31. The van der Waals surface area contributed by atoms with E-state index in [0.717, 1.165) is 24.4 Å². The predicted octanol–water partition coefficient (Wildman–Crippen LogP) is 0.992. The molecular weight excluding hydrogens is 164 g/mol. The summed E-state index contributed by atoms with van der Waals surface area (Å²) in [6.45, 7) is 2.15. The quantitative estimate of drug-likeness (QED) is 0.725. The van der Waals surface area contributed by atoms with Crippen LogP contribution in [-0.4, -0.2) is 19.7 Å². The van der Waals surface area contributed by atoms with E-state index in [2.05, 4.69) is 11.4 Å². The first-order valence-electron chi connectivity index (χ1n) is 4.60. The van der Waals surface area contributed by atoms with E-state index in [1.165, 1.54) is 5.56 Å². The van der Waals surface area contributed by atoms with E-state index in [-0.39, 0.29) is 0 Å². The van der Waals surface area contributed by atoms with Gasteiger partial charge in [0.25, 0.3) is 0 Å². The van der Waals surface area contributed by atoms with E-state index < -0.39 is 0 Å². The third-order valence-corrected chi connectivity index (χ3v) is 2.18. The highest BCUT2D eigenvalue weighted by Gasteiger charge is 2.13. The van der Waals surface area contributed by atoms with Crippen molar-refractivity contribution in [3.8, 4) is 5.75 Å². The average molecular weight is 178 g/mol. The Labute approximate surface area is 77.9 Å². The molecule has 0 aromatic heterocycles. The fourth-order valence-corrected chi connectivity index (χ4v) is 1.60. The van der Waals surface area contributed by atoms with Gasteiger partial charge in [-0.1, -0.05) is 12.1 Å². The second kappa shape index (κ2) is 3.66. The predicted molar refractivity (Wildman–Crippen MR) is 53.2 cm³/mol. The first-order valence-corrected chi connectivity index (χ1v) is 4.60. The number of benzene rings is 1. The number of para-hydroxylation sites is 1. The Morgan fingerprint density at radius 2 is 2.38 bits per heavy atom. The molecule has 1 aliphatic heterocycles. The topological polar surface area (TPSA) is 47.3 Å². The fraction of sp³-hybridized carbons (Fsp3) is 0.400. The lowest BCUT2D eigenvalue weighted by Gasteiger charge is -2.09. The Balaban J connectivity index is 2.20. The first-order chi connectivity index (χ1) is 6.42. The Kier molecular flexibility index (Phi) is 2.36. The smallest absolute Gasteiger partial charge is 0.142 e. The molecule has 1 aromatic carbocycles. The third kappa shape index (κ3) is 1.60. The van der Waals surface area contributed by atoms with E-state index >= 15 is 0 Å². The molecule has 3 nitrogen and oxygen atoms in total. The summed E-state index contributed by atoms with van der Waals surface area (Å²) in [6, 6.07) is 6.13. The summed E-state index contributed by atoms with van der Waals surface area (Å²) in [5.74, 6) is 0.931. The van der Waals surface area contributed by atoms with Crippen molar-refractivity contribution >= 4 is 5.69 Å². The van der Waals surface area contributed by atoms with Crippen LogP contribution in [-0.2, 0) is 6.42 Å². The van der Waals surface area contributed by atoms with Gasteiger partial charge >= 0.3 is 0 Å². The first kappa shape index (κ1) is 8.38. The van der Waals surface area contributed by atoms with Crippen LogP contribution in [0, 0.1) is 0 Å². The SMILES string of the molecule is NCCOc1cccc2c1NCC2. The van der Waals surface area contributed by atoms with Gasteiger partial charge in [0.1, 0.15) is 12.4 Å². The maximum atomic E-state index is 5.51. The molecule has 1 aliphatic rings. The molecule has 0 fully saturated rings. The molecule has 0 saturated heterocycles. The second-order valence-corrected chi connectivity index (χ2v) is 3.10. The van der Waals surface area contributed by atoms with Crippen molar-refractivity contribution in [1.82, 2.24) is 0 Å². The molecule has 0 radical (unpaired) electrons. The zero-order chi connectivity index (χ0) is 9.10. The monoisotopic (exact) mass is 178 g/mol. The molecule has 13 heavy (non-hydrogen) atoms. The molecule has 0 aliphatic carbocycles. The van der Waals surface area contributed by atoms with Crippen LogP contribution in [0.3, 0.4) is 0 Å². The molecule has 0 bridgehead atoms. The molecular formula is C10H14N2O. The maximum absolute atomic E-state index is 5.51. The molecule has 3 N–H and O–H groups in total. The number of anilines is 1. The molecule has 2 rings (SSSR count). The van der Waals surface area contributed by atoms with Gasteiger partial charge in [-0.05, 0) is 18.1 Å². The molecule has 0 unspecified atom stereocenters. The van der Waals surface area contributed by atoms with Crippen molar-refractivity contribution in [2.24, 2.45) is 5.73 Å². The number of nitrogens with two attached hydrogens (primary N) is 1. The lowest BCUT2D eigenvalue weighted by Crippen LogP contribution is -2.11. The lowest BCUT2D eigenvalue weighted by atomic mass is 10.1. The van der Waals surface area contributed by atoms with Gasteiger partial charge in [-0.15, -0.1) is 0 Å². The minimum Gasteiger partial charge on any atom is -0.490 e. The molecule has 0 amide bonds. The summed E-state index contributed by atoms with van der Waals surface area (Å²) in [4.78, 5) is 0. The van der Waals surface area contributed by atoms with E-state index in [9.17, 15) is 0 Å². The van der Waals surface area contributed by atoms with Gasteiger partial charge in [-0.3, -0.25) is 0 Å². The van der Waals surface area contributed by atoms with Gasteiger partial charge in [-0.25, -0.2) is 0 Å². The molecule has 1 heterocycles. The highest BCUT2D eigenvalue weighted by atomic mass is 16.5. The van der Waals surface area contributed by atoms with Crippen LogP contribution in [0.4, 0.5) is 5.69 Å². The van der Waals surface area contributed by atoms with E-state index in [0.29, 0.717) is 13.2 Å². The van der Waals surface area contributed by atoms with Crippen molar-refractivity contribution in [2.75, 3.05) is 25.0 Å². The van der Waals surface area contributed by atoms with Gasteiger partial charge in [-0.2, -0.15) is 0 Å². The van der Waals surface area contributed by atoms with Crippen LogP contribution in [0.2, 0.25) is 0 Å². The number of ether oxygens (including phenoxy) is 1. The zero-order valence-electron chi connectivity index (χ0n) is 7.55. The van der Waals surface area contributed by atoms with Crippen LogP contribution >= 0.6 is 0 Å². The number of nitrogens with one attached hydrogen (secondary N) is 1. The van der Waals surface area contributed by atoms with Crippen molar-refractivity contribution in [3.05, 3.63) is 23.8 Å². The molecule has 0 spiro atoms. The van der Waals surface area contributed by atoms with Crippen LogP contribution in [0.5, 0.6) is 5.75 Å². The average Bonchev–Trinajstić information content (AvgIpc) is 2.62. The van der Waals surface area contributed by atoms with Gasteiger partial charge < -0.3 is 15.8 Å². The Hall–Kier alpha value is -1.22. The molecule has 70 valence electrons. The molecule has 0 atom stereocenters. The molecule has 3 heteroatoms. The van der Waals surface area contributed by atoms with Crippen LogP contribution in [0.25, 0.3) is 0 Å². The van der Waals surface area contributed by atoms with Crippen molar-refractivity contribution < 1.29 is 4.74 Å². The standard InChI is InChI=1S/C10H14N2O/c11-5-7-13-9-3-1-2-8-4-6-12-10(8)9/h1-3,12H,4-7,11H2. The largest absolute Gasteiger partial charge is 0.490 e. The normalized spacial score (nSPS) is 13.6. The number of fused-ring (bicyclic) bond motifs is 1. The minimum atomic E-state index is 0.559. The maximum Gasteiger partial charge on any atom is 0.142 e. The Morgan fingerprint density at radius 3 is 3.23 bits per heavy atom. The highest BCUT2D eigenvalue weighted by molar-refractivity contribution is 5.65. The van der Waals surface area contributed by atoms with E-state index in [4.69, 9.17) is 10.5 Å². The summed E-state index contributed by atoms with van der Waals surface area (Å²) in [7, 11) is 0. The summed E-state index contributed by atoms with van der Waals surface area (Å²) in [6.07, 6.45) is 1.09. The Bertz CT molecular complexity index is 299. The van der Waals surface area contributed by atoms with Gasteiger partial charge in [0, 0.05) is 13.1 Å². The van der Waals surface area contributed by atoms with Gasteiger partial charge in [0.2, 0.25) is 0 Å². The van der Waals surface area contributed by atoms with E-state index in [1.807, 2.05) is 12.1 Å². The van der Waals surface area contributed by atoms with Gasteiger partial charge in [0.15, 0.2) is 0 Å². The number of hydrogen-bond donors (Lipinski definition) is 2. The van der Waals surface area contributed by atoms with Crippen molar-refractivity contribution in [2.45, 2.75) is 6.42 Å². The molecule has 0 saturated carbocycles. The Morgan fingerprint density at radius 1 is 1.46 bits per heavy atom. The van der Waals surface area contributed by atoms with Crippen LogP contribution in [0.15, 0.2) is 18.2 Å². The highest BCUT2D eigenvalue weighted by Crippen LogP contribution is 2.32.